The second kappa shape index (κ2) is 7.00. The van der Waals surface area contributed by atoms with Gasteiger partial charge in [0.1, 0.15) is 16.5 Å². The van der Waals surface area contributed by atoms with Gasteiger partial charge in [0, 0.05) is 12.5 Å². The van der Waals surface area contributed by atoms with Crippen LogP contribution in [0.5, 0.6) is 5.75 Å². The Kier molecular flexibility index (Phi) is 5.26. The Morgan fingerprint density at radius 2 is 1.87 bits per heavy atom. The van der Waals surface area contributed by atoms with E-state index in [0.717, 1.165) is 11.3 Å². The summed E-state index contributed by atoms with van der Waals surface area (Å²) in [4.78, 5) is 4.36. The fraction of sp³-hybridized carbons (Fsp3) is 0.353. The Morgan fingerprint density at radius 3 is 2.52 bits per heavy atom. The van der Waals surface area contributed by atoms with Crippen molar-refractivity contribution in [2.75, 3.05) is 11.6 Å². The van der Waals surface area contributed by atoms with Gasteiger partial charge in [-0.2, -0.15) is 0 Å². The third-order valence-electron chi connectivity index (χ3n) is 3.25. The molecule has 1 heterocycles. The van der Waals surface area contributed by atoms with Crippen molar-refractivity contribution in [3.63, 3.8) is 0 Å². The smallest absolute Gasteiger partial charge is 0.179 e. The van der Waals surface area contributed by atoms with Crippen molar-refractivity contribution in [2.24, 2.45) is 0 Å². The second-order valence-electron chi connectivity index (χ2n) is 5.73. The van der Waals surface area contributed by atoms with Gasteiger partial charge in [0.15, 0.2) is 9.84 Å². The van der Waals surface area contributed by atoms with Crippen LogP contribution in [0.2, 0.25) is 0 Å². The van der Waals surface area contributed by atoms with E-state index in [-0.39, 0.29) is 17.0 Å². The Hall–Kier alpha value is -2.08. The van der Waals surface area contributed by atoms with Gasteiger partial charge in [0.05, 0.1) is 12.1 Å². The first-order valence-electron chi connectivity index (χ1n) is 7.45. The molecule has 0 aliphatic rings. The molecule has 5 nitrogen and oxygen atoms in total. The molecule has 0 bridgehead atoms. The van der Waals surface area contributed by atoms with E-state index >= 15 is 0 Å². The zero-order valence-electron chi connectivity index (χ0n) is 13.8. The number of rotatable bonds is 6. The van der Waals surface area contributed by atoms with Gasteiger partial charge in [-0.3, -0.25) is 0 Å². The third kappa shape index (κ3) is 4.69. The van der Waals surface area contributed by atoms with E-state index in [0.29, 0.717) is 5.82 Å². The lowest BCUT2D eigenvalue weighted by atomic mass is 10.1. The van der Waals surface area contributed by atoms with Crippen LogP contribution >= 0.6 is 0 Å². The molecule has 1 unspecified atom stereocenters. The summed E-state index contributed by atoms with van der Waals surface area (Å²) in [7, 11) is -3.34. The molecule has 6 heteroatoms. The standard InChI is InChI=1S/C17H22N2O3S/c1-12(2)22-15-8-5-7-14(11-15)13(3)19-17-16(23(4,20)21)9-6-10-18-17/h5-13H,1-4H3,(H,18,19). The lowest BCUT2D eigenvalue weighted by Crippen LogP contribution is -2.12. The molecule has 23 heavy (non-hydrogen) atoms. The average Bonchev–Trinajstić information content (AvgIpc) is 2.46. The molecule has 0 spiro atoms. The number of ether oxygens (including phenoxy) is 1. The highest BCUT2D eigenvalue weighted by molar-refractivity contribution is 7.90. The van der Waals surface area contributed by atoms with Crippen molar-refractivity contribution >= 4 is 15.7 Å². The van der Waals surface area contributed by atoms with Crippen molar-refractivity contribution in [3.05, 3.63) is 48.2 Å². The number of sulfone groups is 1. The summed E-state index contributed by atoms with van der Waals surface area (Å²) < 4.78 is 29.4. The molecule has 1 N–H and O–H groups in total. The summed E-state index contributed by atoms with van der Waals surface area (Å²) in [5.41, 5.74) is 0.994. The summed E-state index contributed by atoms with van der Waals surface area (Å²) >= 11 is 0. The van der Waals surface area contributed by atoms with E-state index in [9.17, 15) is 8.42 Å². The Balaban J connectivity index is 2.25. The Bertz CT molecular complexity index is 773. The second-order valence-corrected chi connectivity index (χ2v) is 7.71. The monoisotopic (exact) mass is 334 g/mol. The quantitative estimate of drug-likeness (QED) is 0.876. The van der Waals surface area contributed by atoms with Crippen LogP contribution in [0.3, 0.4) is 0 Å². The van der Waals surface area contributed by atoms with Crippen LogP contribution in [0.25, 0.3) is 0 Å². The third-order valence-corrected chi connectivity index (χ3v) is 4.38. The van der Waals surface area contributed by atoms with Gasteiger partial charge in [0.25, 0.3) is 0 Å². The maximum Gasteiger partial charge on any atom is 0.179 e. The van der Waals surface area contributed by atoms with Crippen LogP contribution in [-0.2, 0) is 9.84 Å². The fourth-order valence-corrected chi connectivity index (χ4v) is 3.00. The van der Waals surface area contributed by atoms with Crippen LogP contribution in [0.1, 0.15) is 32.4 Å². The summed E-state index contributed by atoms with van der Waals surface area (Å²) in [6.07, 6.45) is 2.85. The zero-order chi connectivity index (χ0) is 17.0. The van der Waals surface area contributed by atoms with Gasteiger partial charge < -0.3 is 10.1 Å². The molecule has 124 valence electrons. The van der Waals surface area contributed by atoms with Crippen LogP contribution < -0.4 is 10.1 Å². The summed E-state index contributed by atoms with van der Waals surface area (Å²) in [6.45, 7) is 5.90. The highest BCUT2D eigenvalue weighted by Gasteiger charge is 2.16. The first-order chi connectivity index (χ1) is 10.8. The first kappa shape index (κ1) is 17.3. The largest absolute Gasteiger partial charge is 0.491 e. The number of hydrogen-bond donors (Lipinski definition) is 1. The molecule has 0 fully saturated rings. The molecule has 2 rings (SSSR count). The molecular formula is C17H22N2O3S. The minimum absolute atomic E-state index is 0.0983. The first-order valence-corrected chi connectivity index (χ1v) is 9.34. The Morgan fingerprint density at radius 1 is 1.13 bits per heavy atom. The van der Waals surface area contributed by atoms with Crippen LogP contribution in [0, 0.1) is 0 Å². The molecule has 0 radical (unpaired) electrons. The van der Waals surface area contributed by atoms with Crippen LogP contribution in [0.15, 0.2) is 47.5 Å². The summed E-state index contributed by atoms with van der Waals surface area (Å²) in [6, 6.07) is 10.8. The molecule has 0 amide bonds. The summed E-state index contributed by atoms with van der Waals surface area (Å²) in [5.74, 6) is 1.15. The molecule has 1 aromatic carbocycles. The maximum absolute atomic E-state index is 11.8. The van der Waals surface area contributed by atoms with Gasteiger partial charge in [-0.25, -0.2) is 13.4 Å². The topological polar surface area (TPSA) is 68.3 Å². The minimum Gasteiger partial charge on any atom is -0.491 e. The molecule has 0 saturated carbocycles. The summed E-state index contributed by atoms with van der Waals surface area (Å²) in [5, 5.41) is 3.17. The normalized spacial score (nSPS) is 12.9. The molecule has 0 aliphatic heterocycles. The number of aromatic nitrogens is 1. The van der Waals surface area contributed by atoms with Crippen molar-refractivity contribution < 1.29 is 13.2 Å². The van der Waals surface area contributed by atoms with Crippen molar-refractivity contribution in [1.82, 2.24) is 4.98 Å². The number of nitrogens with one attached hydrogen (secondary N) is 1. The van der Waals surface area contributed by atoms with E-state index in [1.165, 1.54) is 6.26 Å². The molecule has 2 aromatic rings. The zero-order valence-corrected chi connectivity index (χ0v) is 14.6. The predicted octanol–water partition coefficient (Wildman–Crippen LogP) is 3.45. The van der Waals surface area contributed by atoms with Gasteiger partial charge >= 0.3 is 0 Å². The SMILES string of the molecule is CC(C)Oc1cccc(C(C)Nc2ncccc2S(C)(=O)=O)c1. The van der Waals surface area contributed by atoms with Gasteiger partial charge in [-0.15, -0.1) is 0 Å². The Labute approximate surface area is 137 Å². The fourth-order valence-electron chi connectivity index (χ4n) is 2.22. The number of nitrogens with zero attached hydrogens (tertiary/aromatic N) is 1. The van der Waals surface area contributed by atoms with E-state index < -0.39 is 9.84 Å². The highest BCUT2D eigenvalue weighted by Crippen LogP contribution is 2.25. The van der Waals surface area contributed by atoms with E-state index in [1.54, 1.807) is 18.3 Å². The van der Waals surface area contributed by atoms with Gasteiger partial charge in [0.2, 0.25) is 0 Å². The number of pyridine rings is 1. The van der Waals surface area contributed by atoms with E-state index in [2.05, 4.69) is 10.3 Å². The lowest BCUT2D eigenvalue weighted by Gasteiger charge is -2.18. The van der Waals surface area contributed by atoms with Crippen LogP contribution in [-0.4, -0.2) is 25.8 Å². The average molecular weight is 334 g/mol. The van der Waals surface area contributed by atoms with Crippen molar-refractivity contribution in [3.8, 4) is 5.75 Å². The highest BCUT2D eigenvalue weighted by atomic mass is 32.2. The van der Waals surface area contributed by atoms with Crippen molar-refractivity contribution in [2.45, 2.75) is 37.8 Å². The van der Waals surface area contributed by atoms with Crippen LogP contribution in [0.4, 0.5) is 5.82 Å². The maximum atomic E-state index is 11.8. The number of anilines is 1. The van der Waals surface area contributed by atoms with Gasteiger partial charge in [-0.05, 0) is 50.6 Å². The van der Waals surface area contributed by atoms with E-state index in [1.807, 2.05) is 45.0 Å². The van der Waals surface area contributed by atoms with E-state index in [4.69, 9.17) is 4.74 Å². The predicted molar refractivity (Wildman–Crippen MR) is 91.6 cm³/mol. The number of benzene rings is 1. The minimum atomic E-state index is -3.34. The molecule has 1 atom stereocenters. The molecular weight excluding hydrogens is 312 g/mol. The lowest BCUT2D eigenvalue weighted by molar-refractivity contribution is 0.242. The van der Waals surface area contributed by atoms with Crippen molar-refractivity contribution in [1.29, 1.82) is 0 Å². The molecule has 0 saturated heterocycles. The number of hydrogen-bond acceptors (Lipinski definition) is 5. The van der Waals surface area contributed by atoms with Gasteiger partial charge in [-0.1, -0.05) is 12.1 Å². The molecule has 0 aliphatic carbocycles. The molecule has 1 aromatic heterocycles.